The summed E-state index contributed by atoms with van der Waals surface area (Å²) >= 11 is 12.1. The van der Waals surface area contributed by atoms with Crippen LogP contribution in [-0.2, 0) is 26.2 Å². The summed E-state index contributed by atoms with van der Waals surface area (Å²) in [5.74, 6) is -0.508. The van der Waals surface area contributed by atoms with Gasteiger partial charge in [-0.3, -0.25) is 9.10 Å². The van der Waals surface area contributed by atoms with Crippen molar-refractivity contribution in [2.45, 2.75) is 19.6 Å². The van der Waals surface area contributed by atoms with E-state index in [9.17, 15) is 13.2 Å². The van der Waals surface area contributed by atoms with Crippen molar-refractivity contribution in [1.29, 1.82) is 0 Å². The second-order valence-electron chi connectivity index (χ2n) is 5.95. The van der Waals surface area contributed by atoms with Crippen molar-refractivity contribution in [2.75, 3.05) is 23.0 Å². The van der Waals surface area contributed by atoms with Gasteiger partial charge in [0.15, 0.2) is 0 Å². The normalized spacial score (nSPS) is 12.5. The van der Waals surface area contributed by atoms with E-state index in [4.69, 9.17) is 27.9 Å². The predicted octanol–water partition coefficient (Wildman–Crippen LogP) is 3.93. The molecule has 6 nitrogen and oxygen atoms in total. The number of rotatable bonds is 7. The summed E-state index contributed by atoms with van der Waals surface area (Å²) in [6.45, 7) is 1.87. The van der Waals surface area contributed by atoms with Gasteiger partial charge in [-0.15, -0.1) is 0 Å². The molecule has 0 saturated carbocycles. The van der Waals surface area contributed by atoms with Crippen LogP contribution in [0.2, 0.25) is 10.0 Å². The molecule has 1 N–H and O–H groups in total. The van der Waals surface area contributed by atoms with E-state index in [1.54, 1.807) is 31.4 Å². The van der Waals surface area contributed by atoms with Gasteiger partial charge in [-0.25, -0.2) is 8.42 Å². The number of methoxy groups -OCH3 is 1. The molecule has 1 atom stereocenters. The Balaban J connectivity index is 2.33. The zero-order chi connectivity index (χ0) is 20.2. The summed E-state index contributed by atoms with van der Waals surface area (Å²) in [6, 6.07) is 10.5. The van der Waals surface area contributed by atoms with Gasteiger partial charge in [0, 0.05) is 17.8 Å². The highest BCUT2D eigenvalue weighted by Gasteiger charge is 2.30. The third-order valence-electron chi connectivity index (χ3n) is 3.74. The minimum absolute atomic E-state index is 0.141. The second kappa shape index (κ2) is 8.93. The first kappa shape index (κ1) is 21.5. The van der Waals surface area contributed by atoms with Crippen molar-refractivity contribution >= 4 is 50.5 Å². The molecule has 27 heavy (non-hydrogen) atoms. The molecule has 0 fully saturated rings. The maximum atomic E-state index is 12.7. The molecule has 0 saturated heterocycles. The van der Waals surface area contributed by atoms with E-state index in [0.29, 0.717) is 17.3 Å². The van der Waals surface area contributed by atoms with Crippen LogP contribution in [0.15, 0.2) is 42.5 Å². The molecule has 0 bridgehead atoms. The first-order chi connectivity index (χ1) is 12.6. The lowest BCUT2D eigenvalue weighted by Gasteiger charge is -2.29. The van der Waals surface area contributed by atoms with E-state index in [1.807, 2.05) is 6.07 Å². The SMILES string of the molecule is COCc1cccc(NC(=O)C(C)N(c2cc(Cl)ccc2Cl)S(C)(=O)=O)c1. The van der Waals surface area contributed by atoms with Crippen molar-refractivity contribution in [2.24, 2.45) is 0 Å². The Labute approximate surface area is 169 Å². The van der Waals surface area contributed by atoms with Gasteiger partial charge in [0.05, 0.1) is 23.6 Å². The van der Waals surface area contributed by atoms with Crippen LogP contribution in [0, 0.1) is 0 Å². The molecule has 0 aliphatic rings. The number of carbonyl (C=O) groups excluding carboxylic acids is 1. The minimum atomic E-state index is -3.80. The molecule has 0 aromatic heterocycles. The lowest BCUT2D eigenvalue weighted by Crippen LogP contribution is -2.45. The van der Waals surface area contributed by atoms with Gasteiger partial charge in [0.2, 0.25) is 15.9 Å². The van der Waals surface area contributed by atoms with Crippen molar-refractivity contribution in [3.8, 4) is 0 Å². The van der Waals surface area contributed by atoms with Gasteiger partial charge in [0.25, 0.3) is 0 Å². The molecule has 146 valence electrons. The number of benzene rings is 2. The van der Waals surface area contributed by atoms with Crippen LogP contribution in [0.1, 0.15) is 12.5 Å². The maximum Gasteiger partial charge on any atom is 0.247 e. The molecule has 0 radical (unpaired) electrons. The lowest BCUT2D eigenvalue weighted by molar-refractivity contribution is -0.116. The van der Waals surface area contributed by atoms with Crippen LogP contribution in [0.4, 0.5) is 11.4 Å². The average molecular weight is 431 g/mol. The minimum Gasteiger partial charge on any atom is -0.380 e. The van der Waals surface area contributed by atoms with Gasteiger partial charge in [-0.2, -0.15) is 0 Å². The molecular weight excluding hydrogens is 411 g/mol. The number of nitrogens with one attached hydrogen (secondary N) is 1. The topological polar surface area (TPSA) is 75.7 Å². The number of sulfonamides is 1. The van der Waals surface area contributed by atoms with E-state index in [1.165, 1.54) is 19.1 Å². The number of hydrogen-bond donors (Lipinski definition) is 1. The number of ether oxygens (including phenoxy) is 1. The van der Waals surface area contributed by atoms with Crippen LogP contribution >= 0.6 is 23.2 Å². The van der Waals surface area contributed by atoms with E-state index < -0.39 is 22.0 Å². The Kier molecular flexibility index (Phi) is 7.11. The van der Waals surface area contributed by atoms with E-state index in [2.05, 4.69) is 5.32 Å². The molecule has 0 aliphatic heterocycles. The fraction of sp³-hybridized carbons (Fsp3) is 0.278. The fourth-order valence-electron chi connectivity index (χ4n) is 2.59. The predicted molar refractivity (Wildman–Crippen MR) is 109 cm³/mol. The van der Waals surface area contributed by atoms with Crippen LogP contribution in [0.5, 0.6) is 0 Å². The Hall–Kier alpha value is -1.80. The molecule has 9 heteroatoms. The quantitative estimate of drug-likeness (QED) is 0.721. The highest BCUT2D eigenvalue weighted by Crippen LogP contribution is 2.32. The molecule has 0 aliphatic carbocycles. The van der Waals surface area contributed by atoms with Gasteiger partial charge in [0.1, 0.15) is 6.04 Å². The van der Waals surface area contributed by atoms with Crippen molar-refractivity contribution < 1.29 is 17.9 Å². The van der Waals surface area contributed by atoms with Crippen LogP contribution < -0.4 is 9.62 Å². The van der Waals surface area contributed by atoms with Gasteiger partial charge in [-0.05, 0) is 42.8 Å². The monoisotopic (exact) mass is 430 g/mol. The summed E-state index contributed by atoms with van der Waals surface area (Å²) in [5.41, 5.74) is 1.55. The van der Waals surface area contributed by atoms with Crippen molar-refractivity contribution in [1.82, 2.24) is 0 Å². The van der Waals surface area contributed by atoms with Gasteiger partial charge in [-0.1, -0.05) is 35.3 Å². The molecule has 1 amide bonds. The Morgan fingerprint density at radius 2 is 1.93 bits per heavy atom. The van der Waals surface area contributed by atoms with Crippen molar-refractivity contribution in [3.63, 3.8) is 0 Å². The molecule has 1 unspecified atom stereocenters. The Bertz CT molecular complexity index is 935. The van der Waals surface area contributed by atoms with Gasteiger partial charge >= 0.3 is 0 Å². The number of hydrogen-bond acceptors (Lipinski definition) is 4. The summed E-state index contributed by atoms with van der Waals surface area (Å²) in [5, 5.41) is 3.20. The molecule has 2 aromatic carbocycles. The maximum absolute atomic E-state index is 12.7. The van der Waals surface area contributed by atoms with E-state index in [-0.39, 0.29) is 10.7 Å². The standard InChI is InChI=1S/C18H20Cl2N2O4S/c1-12(18(23)21-15-6-4-5-13(9-15)11-26-2)22(27(3,24)25)17-10-14(19)7-8-16(17)20/h4-10,12H,11H2,1-3H3,(H,21,23). The van der Waals surface area contributed by atoms with E-state index >= 15 is 0 Å². The number of carbonyl (C=O) groups is 1. The zero-order valence-corrected chi connectivity index (χ0v) is 17.4. The first-order valence-corrected chi connectivity index (χ1v) is 10.6. The van der Waals surface area contributed by atoms with Crippen LogP contribution in [0.3, 0.4) is 0 Å². The third-order valence-corrected chi connectivity index (χ3v) is 5.52. The molecule has 0 spiro atoms. The average Bonchev–Trinajstić information content (AvgIpc) is 2.57. The summed E-state index contributed by atoms with van der Waals surface area (Å²) in [4.78, 5) is 12.7. The highest BCUT2D eigenvalue weighted by atomic mass is 35.5. The zero-order valence-electron chi connectivity index (χ0n) is 15.1. The Morgan fingerprint density at radius 1 is 1.22 bits per heavy atom. The van der Waals surface area contributed by atoms with Crippen LogP contribution in [-0.4, -0.2) is 33.7 Å². The van der Waals surface area contributed by atoms with Crippen molar-refractivity contribution in [3.05, 3.63) is 58.1 Å². The number of amides is 1. The van der Waals surface area contributed by atoms with Crippen LogP contribution in [0.25, 0.3) is 0 Å². The fourth-order valence-corrected chi connectivity index (χ4v) is 4.19. The number of anilines is 2. The molecule has 2 aromatic rings. The summed E-state index contributed by atoms with van der Waals surface area (Å²) < 4.78 is 30.7. The number of halogens is 2. The first-order valence-electron chi connectivity index (χ1n) is 7.96. The largest absolute Gasteiger partial charge is 0.380 e. The second-order valence-corrected chi connectivity index (χ2v) is 8.66. The molecular formula is C18H20Cl2N2O4S. The molecule has 0 heterocycles. The van der Waals surface area contributed by atoms with E-state index in [0.717, 1.165) is 16.1 Å². The molecule has 2 rings (SSSR count). The lowest BCUT2D eigenvalue weighted by atomic mass is 10.2. The summed E-state index contributed by atoms with van der Waals surface area (Å²) in [7, 11) is -2.23. The highest BCUT2D eigenvalue weighted by molar-refractivity contribution is 7.92. The number of nitrogens with zero attached hydrogens (tertiary/aromatic N) is 1. The Morgan fingerprint density at radius 3 is 2.56 bits per heavy atom. The summed E-state index contributed by atoms with van der Waals surface area (Å²) in [6.07, 6.45) is 1.01. The smallest absolute Gasteiger partial charge is 0.247 e. The third kappa shape index (κ3) is 5.59. The van der Waals surface area contributed by atoms with Gasteiger partial charge < -0.3 is 10.1 Å².